The lowest BCUT2D eigenvalue weighted by molar-refractivity contribution is -0.141. The number of rotatable bonds is 8. The number of esters is 1. The summed E-state index contributed by atoms with van der Waals surface area (Å²) >= 11 is 11.8. The van der Waals surface area contributed by atoms with Crippen LogP contribution in [0.25, 0.3) is 0 Å². The quantitative estimate of drug-likeness (QED) is 0.353. The number of amides is 1. The fraction of sp³-hybridized carbons (Fsp3) is 0.240. The number of carbonyl (C=O) groups excluding carboxylic acids is 3. The highest BCUT2D eigenvalue weighted by Crippen LogP contribution is 2.33. The number of aromatic nitrogens is 1. The van der Waals surface area contributed by atoms with Crippen molar-refractivity contribution in [3.05, 3.63) is 80.6 Å². The van der Waals surface area contributed by atoms with Gasteiger partial charge in [-0.25, -0.2) is 0 Å². The second kappa shape index (κ2) is 10.4. The minimum absolute atomic E-state index is 0.162. The van der Waals surface area contributed by atoms with Crippen molar-refractivity contribution in [3.8, 4) is 11.5 Å². The molecule has 0 atom stereocenters. The van der Waals surface area contributed by atoms with Gasteiger partial charge in [-0.3, -0.25) is 14.4 Å². The monoisotopic (exact) mass is 516 g/mol. The molecule has 3 aromatic rings. The number of carbonyl (C=O) groups is 3. The molecule has 1 aliphatic rings. The number of hydrogen-bond donors (Lipinski definition) is 1. The Morgan fingerprint density at radius 1 is 1.00 bits per heavy atom. The summed E-state index contributed by atoms with van der Waals surface area (Å²) in [4.78, 5) is 37.0. The van der Waals surface area contributed by atoms with Gasteiger partial charge in [0.2, 0.25) is 12.6 Å². The lowest BCUT2D eigenvalue weighted by Gasteiger charge is -2.11. The van der Waals surface area contributed by atoms with E-state index >= 15 is 0 Å². The lowest BCUT2D eigenvalue weighted by Crippen LogP contribution is -2.31. The molecule has 0 spiro atoms. The first-order valence-corrected chi connectivity index (χ1v) is 11.5. The van der Waals surface area contributed by atoms with Gasteiger partial charge in [0.05, 0.1) is 10.6 Å². The van der Waals surface area contributed by atoms with E-state index in [0.717, 1.165) is 17.0 Å². The van der Waals surface area contributed by atoms with Crippen molar-refractivity contribution in [2.45, 2.75) is 20.4 Å². The number of nitrogens with zero attached hydrogens (tertiary/aromatic N) is 1. The highest BCUT2D eigenvalue weighted by Gasteiger charge is 2.19. The van der Waals surface area contributed by atoms with Crippen LogP contribution in [0.2, 0.25) is 10.0 Å². The van der Waals surface area contributed by atoms with E-state index in [1.165, 1.54) is 18.2 Å². The van der Waals surface area contributed by atoms with E-state index in [2.05, 4.69) is 5.32 Å². The second-order valence-electron chi connectivity index (χ2n) is 7.95. The minimum Gasteiger partial charge on any atom is -0.456 e. The van der Waals surface area contributed by atoms with Crippen molar-refractivity contribution in [2.75, 3.05) is 19.9 Å². The van der Waals surface area contributed by atoms with Gasteiger partial charge in [0.1, 0.15) is 6.54 Å². The predicted octanol–water partition coefficient (Wildman–Crippen LogP) is 4.34. The smallest absolute Gasteiger partial charge is 0.325 e. The molecule has 0 unspecified atom stereocenters. The van der Waals surface area contributed by atoms with Gasteiger partial charge in [0, 0.05) is 28.5 Å². The molecule has 0 aliphatic carbocycles. The van der Waals surface area contributed by atoms with E-state index in [0.29, 0.717) is 28.6 Å². The van der Waals surface area contributed by atoms with Gasteiger partial charge in [0.25, 0.3) is 5.91 Å². The predicted molar refractivity (Wildman–Crippen MR) is 130 cm³/mol. The van der Waals surface area contributed by atoms with Crippen molar-refractivity contribution in [1.29, 1.82) is 0 Å². The zero-order valence-corrected chi connectivity index (χ0v) is 20.5. The van der Waals surface area contributed by atoms with Gasteiger partial charge >= 0.3 is 5.97 Å². The highest BCUT2D eigenvalue weighted by atomic mass is 35.5. The molecule has 1 amide bonds. The van der Waals surface area contributed by atoms with Crippen LogP contribution >= 0.6 is 23.2 Å². The van der Waals surface area contributed by atoms with Crippen LogP contribution in [-0.2, 0) is 16.1 Å². The summed E-state index contributed by atoms with van der Waals surface area (Å²) < 4.78 is 17.9. The average Bonchev–Trinajstić information content (AvgIpc) is 3.40. The topological polar surface area (TPSA) is 95.9 Å². The van der Waals surface area contributed by atoms with Crippen LogP contribution < -0.4 is 14.8 Å². The molecule has 0 bridgehead atoms. The first-order chi connectivity index (χ1) is 16.7. The van der Waals surface area contributed by atoms with E-state index in [1.807, 2.05) is 36.6 Å². The van der Waals surface area contributed by atoms with Crippen molar-refractivity contribution >= 4 is 40.9 Å². The zero-order chi connectivity index (χ0) is 25.1. The summed E-state index contributed by atoms with van der Waals surface area (Å²) in [5.74, 6) is -0.234. The number of nitrogens with one attached hydrogen (secondary N) is 1. The molecule has 0 radical (unpaired) electrons. The van der Waals surface area contributed by atoms with Crippen LogP contribution in [0.3, 0.4) is 0 Å². The third-order valence-corrected chi connectivity index (χ3v) is 6.13. The molecule has 35 heavy (non-hydrogen) atoms. The van der Waals surface area contributed by atoms with Crippen LogP contribution in [0.5, 0.6) is 11.5 Å². The number of benzene rings is 2. The van der Waals surface area contributed by atoms with Crippen LogP contribution in [0.15, 0.2) is 42.5 Å². The Balaban J connectivity index is 1.32. The molecular weight excluding hydrogens is 495 g/mol. The maximum atomic E-state index is 12.7. The number of ether oxygens (including phenoxy) is 3. The Morgan fingerprint density at radius 2 is 1.77 bits per heavy atom. The molecule has 2 aromatic carbocycles. The standard InChI is InChI=1S/C25H22Cl2N2O6/c1-14-7-19(15(2)29(14)11-16-3-6-22-23(8-16)35-13-34-22)21(30)12-33-24(31)10-28-25(32)18-5-4-17(26)9-20(18)27/h3-9H,10-13H2,1-2H3,(H,28,32). The molecule has 0 saturated heterocycles. The van der Waals surface area contributed by atoms with Gasteiger partial charge < -0.3 is 24.1 Å². The molecule has 4 rings (SSSR count). The molecule has 10 heteroatoms. The Kier molecular flexibility index (Phi) is 7.33. The maximum Gasteiger partial charge on any atom is 0.325 e. The molecule has 1 N–H and O–H groups in total. The van der Waals surface area contributed by atoms with E-state index in [4.69, 9.17) is 37.4 Å². The molecule has 2 heterocycles. The zero-order valence-electron chi connectivity index (χ0n) is 19.0. The first kappa shape index (κ1) is 24.6. The van der Waals surface area contributed by atoms with Gasteiger partial charge in [-0.2, -0.15) is 0 Å². The summed E-state index contributed by atoms with van der Waals surface area (Å²) in [5, 5.41) is 2.97. The lowest BCUT2D eigenvalue weighted by atomic mass is 10.1. The van der Waals surface area contributed by atoms with E-state index in [-0.39, 0.29) is 23.2 Å². The molecule has 0 fully saturated rings. The summed E-state index contributed by atoms with van der Waals surface area (Å²) in [6, 6.07) is 11.9. The van der Waals surface area contributed by atoms with Gasteiger partial charge in [-0.05, 0) is 55.8 Å². The summed E-state index contributed by atoms with van der Waals surface area (Å²) in [5.41, 5.74) is 3.29. The average molecular weight is 517 g/mol. The van der Waals surface area contributed by atoms with Gasteiger partial charge in [-0.15, -0.1) is 0 Å². The summed E-state index contributed by atoms with van der Waals surface area (Å²) in [7, 11) is 0. The molecule has 1 aliphatic heterocycles. The molecule has 0 saturated carbocycles. The molecular formula is C25H22Cl2N2O6. The first-order valence-electron chi connectivity index (χ1n) is 10.7. The Hall–Kier alpha value is -3.49. The van der Waals surface area contributed by atoms with Crippen molar-refractivity contribution in [1.82, 2.24) is 9.88 Å². The third kappa shape index (κ3) is 5.61. The SMILES string of the molecule is Cc1cc(C(=O)COC(=O)CNC(=O)c2ccc(Cl)cc2Cl)c(C)n1Cc1ccc2c(c1)OCO2. The van der Waals surface area contributed by atoms with Gasteiger partial charge in [0.15, 0.2) is 18.1 Å². The fourth-order valence-corrected chi connectivity index (χ4v) is 4.24. The second-order valence-corrected chi connectivity index (χ2v) is 8.79. The third-order valence-electron chi connectivity index (χ3n) is 5.59. The molecule has 1 aromatic heterocycles. The fourth-order valence-electron chi connectivity index (χ4n) is 3.74. The van der Waals surface area contributed by atoms with Crippen molar-refractivity contribution < 1.29 is 28.6 Å². The Morgan fingerprint density at radius 3 is 2.54 bits per heavy atom. The normalized spacial score (nSPS) is 11.9. The van der Waals surface area contributed by atoms with Crippen molar-refractivity contribution in [2.24, 2.45) is 0 Å². The van der Waals surface area contributed by atoms with Gasteiger partial charge in [-0.1, -0.05) is 29.3 Å². The van der Waals surface area contributed by atoms with E-state index in [9.17, 15) is 14.4 Å². The Labute approximate surface area is 211 Å². The number of Topliss-reactive ketones (excluding diaryl/α,β-unsaturated/α-hetero) is 1. The highest BCUT2D eigenvalue weighted by molar-refractivity contribution is 6.36. The van der Waals surface area contributed by atoms with E-state index < -0.39 is 25.0 Å². The number of halogens is 2. The summed E-state index contributed by atoms with van der Waals surface area (Å²) in [6.45, 7) is 3.64. The maximum absolute atomic E-state index is 12.7. The number of fused-ring (bicyclic) bond motifs is 1. The number of hydrogen-bond acceptors (Lipinski definition) is 6. The van der Waals surface area contributed by atoms with Crippen LogP contribution in [-0.4, -0.2) is 42.2 Å². The van der Waals surface area contributed by atoms with Crippen LogP contribution in [0, 0.1) is 13.8 Å². The van der Waals surface area contributed by atoms with E-state index in [1.54, 1.807) is 6.07 Å². The number of ketones is 1. The van der Waals surface area contributed by atoms with Crippen LogP contribution in [0.1, 0.15) is 37.7 Å². The Bertz CT molecular complexity index is 1320. The summed E-state index contributed by atoms with van der Waals surface area (Å²) in [6.07, 6.45) is 0. The molecule has 8 nitrogen and oxygen atoms in total. The largest absolute Gasteiger partial charge is 0.456 e. The van der Waals surface area contributed by atoms with Crippen molar-refractivity contribution in [3.63, 3.8) is 0 Å². The minimum atomic E-state index is -0.744. The number of aryl methyl sites for hydroxylation is 1. The van der Waals surface area contributed by atoms with Crippen LogP contribution in [0.4, 0.5) is 0 Å². The molecule has 182 valence electrons.